The molecule has 0 unspecified atom stereocenters. The first-order chi connectivity index (χ1) is 13.1. The summed E-state index contributed by atoms with van der Waals surface area (Å²) < 4.78 is 26.3. The van der Waals surface area contributed by atoms with Gasteiger partial charge < -0.3 is 10.2 Å². The lowest BCUT2D eigenvalue weighted by Crippen LogP contribution is -2.26. The Hall–Kier alpha value is -2.95. The minimum Gasteiger partial charge on any atom is -0.371 e. The van der Waals surface area contributed by atoms with Crippen LogP contribution in [0.3, 0.4) is 0 Å². The van der Waals surface area contributed by atoms with Gasteiger partial charge in [-0.2, -0.15) is 0 Å². The fourth-order valence-corrected chi connectivity index (χ4v) is 3.46. The average Bonchev–Trinajstić information content (AvgIpc) is 2.83. The number of allylic oxidation sites excluding steroid dienone is 3. The number of hydrogen-bond donors (Lipinski definition) is 1. The van der Waals surface area contributed by atoms with Gasteiger partial charge in [0, 0.05) is 30.9 Å². The lowest BCUT2D eigenvalue weighted by atomic mass is 10.00. The minimum atomic E-state index is -1.02. The number of nitrogens with one attached hydrogen (secondary N) is 1. The van der Waals surface area contributed by atoms with Crippen LogP contribution in [0.2, 0.25) is 0 Å². The fraction of sp³-hybridized carbons (Fsp3) is 0.227. The van der Waals surface area contributed by atoms with Crippen LogP contribution in [0, 0.1) is 11.6 Å². The van der Waals surface area contributed by atoms with Crippen molar-refractivity contribution in [3.05, 3.63) is 94.2 Å². The number of amides is 1. The molecule has 1 amide bonds. The van der Waals surface area contributed by atoms with Crippen molar-refractivity contribution in [3.63, 3.8) is 0 Å². The maximum Gasteiger partial charge on any atom is 0.251 e. The lowest BCUT2D eigenvalue weighted by molar-refractivity contribution is 0.0950. The first kappa shape index (κ1) is 17.5. The molecule has 0 bridgehead atoms. The van der Waals surface area contributed by atoms with Gasteiger partial charge in [0.25, 0.3) is 5.91 Å². The van der Waals surface area contributed by atoms with Crippen LogP contribution in [-0.2, 0) is 19.4 Å². The van der Waals surface area contributed by atoms with Crippen molar-refractivity contribution in [2.24, 2.45) is 0 Å². The van der Waals surface area contributed by atoms with Crippen molar-refractivity contribution in [2.45, 2.75) is 19.4 Å². The normalized spacial score (nSPS) is 15.5. The summed E-state index contributed by atoms with van der Waals surface area (Å²) in [6, 6.07) is 9.44. The van der Waals surface area contributed by atoms with Crippen LogP contribution in [0.25, 0.3) is 0 Å². The van der Waals surface area contributed by atoms with Gasteiger partial charge in [0.1, 0.15) is 0 Å². The van der Waals surface area contributed by atoms with E-state index in [0.29, 0.717) is 6.54 Å². The molecule has 0 atom stereocenters. The zero-order chi connectivity index (χ0) is 18.8. The molecule has 0 saturated carbocycles. The van der Waals surface area contributed by atoms with Gasteiger partial charge in [0.05, 0.1) is 0 Å². The van der Waals surface area contributed by atoms with E-state index in [0.717, 1.165) is 43.6 Å². The van der Waals surface area contributed by atoms with E-state index in [9.17, 15) is 13.6 Å². The Bertz CT molecular complexity index is 949. The van der Waals surface area contributed by atoms with Crippen molar-refractivity contribution >= 4 is 5.91 Å². The van der Waals surface area contributed by atoms with Crippen LogP contribution in [-0.4, -0.2) is 23.9 Å². The highest BCUT2D eigenvalue weighted by molar-refractivity contribution is 5.94. The third-order valence-corrected chi connectivity index (χ3v) is 5.11. The number of benzene rings is 2. The Balaban J connectivity index is 1.40. The molecule has 0 aromatic heterocycles. The third kappa shape index (κ3) is 3.77. The minimum absolute atomic E-state index is 0.112. The summed E-state index contributed by atoms with van der Waals surface area (Å²) in [6.07, 6.45) is 8.29. The maximum absolute atomic E-state index is 13.3. The zero-order valence-electron chi connectivity index (χ0n) is 14.8. The molecular formula is C22H20F2N2O. The van der Waals surface area contributed by atoms with E-state index < -0.39 is 17.5 Å². The molecule has 27 heavy (non-hydrogen) atoms. The number of carbonyl (C=O) groups excluding carboxylic acids is 1. The highest BCUT2D eigenvalue weighted by Crippen LogP contribution is 2.22. The topological polar surface area (TPSA) is 32.3 Å². The third-order valence-electron chi connectivity index (χ3n) is 5.11. The van der Waals surface area contributed by atoms with Crippen LogP contribution in [0.1, 0.15) is 27.0 Å². The first-order valence-electron chi connectivity index (χ1n) is 9.07. The van der Waals surface area contributed by atoms with Crippen molar-refractivity contribution in [1.29, 1.82) is 0 Å². The smallest absolute Gasteiger partial charge is 0.251 e. The molecular weight excluding hydrogens is 346 g/mol. The van der Waals surface area contributed by atoms with Gasteiger partial charge in [0.15, 0.2) is 11.6 Å². The molecule has 1 N–H and O–H groups in total. The van der Waals surface area contributed by atoms with Crippen LogP contribution in [0.4, 0.5) is 8.78 Å². The summed E-state index contributed by atoms with van der Waals surface area (Å²) in [5, 5.41) is 2.77. The average molecular weight is 366 g/mol. The molecule has 0 saturated heterocycles. The van der Waals surface area contributed by atoms with Gasteiger partial charge in [-0.05, 0) is 59.9 Å². The molecule has 2 aliphatic rings. The molecule has 4 rings (SSSR count). The lowest BCUT2D eigenvalue weighted by Gasteiger charge is -2.26. The van der Waals surface area contributed by atoms with Gasteiger partial charge in [-0.1, -0.05) is 24.3 Å². The fourth-order valence-electron chi connectivity index (χ4n) is 3.46. The molecule has 5 heteroatoms. The van der Waals surface area contributed by atoms with Gasteiger partial charge in [-0.15, -0.1) is 0 Å². The second-order valence-electron chi connectivity index (χ2n) is 6.85. The molecule has 0 spiro atoms. The number of fused-ring (bicyclic) bond motifs is 1. The monoisotopic (exact) mass is 366 g/mol. The summed E-state index contributed by atoms with van der Waals surface area (Å²) in [5.41, 5.74) is 5.06. The molecule has 1 aliphatic carbocycles. The first-order valence-corrected chi connectivity index (χ1v) is 9.07. The Morgan fingerprint density at radius 3 is 2.48 bits per heavy atom. The van der Waals surface area contributed by atoms with E-state index in [1.807, 2.05) is 6.07 Å². The van der Waals surface area contributed by atoms with E-state index in [1.54, 1.807) is 0 Å². The van der Waals surface area contributed by atoms with Crippen molar-refractivity contribution in [1.82, 2.24) is 10.2 Å². The number of rotatable bonds is 4. The molecule has 0 fully saturated rings. The van der Waals surface area contributed by atoms with Crippen LogP contribution < -0.4 is 5.32 Å². The van der Waals surface area contributed by atoms with E-state index >= 15 is 0 Å². The van der Waals surface area contributed by atoms with Crippen LogP contribution in [0.15, 0.2) is 60.3 Å². The second-order valence-corrected chi connectivity index (χ2v) is 6.85. The predicted molar refractivity (Wildman–Crippen MR) is 100 cm³/mol. The summed E-state index contributed by atoms with van der Waals surface area (Å²) in [6.45, 7) is 2.34. The maximum atomic E-state index is 13.3. The largest absolute Gasteiger partial charge is 0.371 e. The van der Waals surface area contributed by atoms with Gasteiger partial charge in [-0.3, -0.25) is 4.79 Å². The Morgan fingerprint density at radius 2 is 1.78 bits per heavy atom. The van der Waals surface area contributed by atoms with Crippen molar-refractivity contribution in [2.75, 3.05) is 13.1 Å². The van der Waals surface area contributed by atoms with Crippen LogP contribution in [0.5, 0.6) is 0 Å². The summed E-state index contributed by atoms with van der Waals surface area (Å²) in [4.78, 5) is 14.6. The summed E-state index contributed by atoms with van der Waals surface area (Å²) in [5.74, 6) is -2.40. The molecule has 0 radical (unpaired) electrons. The van der Waals surface area contributed by atoms with Crippen molar-refractivity contribution < 1.29 is 13.6 Å². The highest BCUT2D eigenvalue weighted by Gasteiger charge is 2.17. The number of halogens is 2. The van der Waals surface area contributed by atoms with Gasteiger partial charge in [-0.25, -0.2) is 8.78 Å². The molecule has 1 aliphatic heterocycles. The number of hydrogen-bond acceptors (Lipinski definition) is 2. The van der Waals surface area contributed by atoms with Crippen molar-refractivity contribution in [3.8, 4) is 0 Å². The molecule has 2 aromatic carbocycles. The molecule has 2 aromatic rings. The Morgan fingerprint density at radius 1 is 1.00 bits per heavy atom. The second kappa shape index (κ2) is 7.35. The highest BCUT2D eigenvalue weighted by atomic mass is 19.2. The van der Waals surface area contributed by atoms with Gasteiger partial charge >= 0.3 is 0 Å². The summed E-state index contributed by atoms with van der Waals surface area (Å²) in [7, 11) is 0. The van der Waals surface area contributed by atoms with E-state index in [4.69, 9.17) is 0 Å². The Labute approximate surface area is 157 Å². The van der Waals surface area contributed by atoms with E-state index in [-0.39, 0.29) is 5.56 Å². The number of nitrogens with zero attached hydrogens (tertiary/aromatic N) is 1. The number of carbonyl (C=O) groups is 1. The van der Waals surface area contributed by atoms with Gasteiger partial charge in [0.2, 0.25) is 0 Å². The standard InChI is InChI=1S/C22H20F2N2O/c23-20-7-6-18(13-21(20)24)22(27)25-14-15-4-5-16-8-10-26(19-2-1-3-19)11-9-17(16)12-15/h1-7,12-13H,8-11,14H2,(H,25,27). The molecule has 1 heterocycles. The predicted octanol–water partition coefficient (Wildman–Crippen LogP) is 3.75. The van der Waals surface area contributed by atoms with E-state index in [2.05, 4.69) is 40.6 Å². The Kier molecular flexibility index (Phi) is 4.75. The quantitative estimate of drug-likeness (QED) is 0.894. The zero-order valence-corrected chi connectivity index (χ0v) is 14.8. The van der Waals surface area contributed by atoms with Crippen LogP contribution >= 0.6 is 0 Å². The van der Waals surface area contributed by atoms with E-state index in [1.165, 1.54) is 22.9 Å². The molecule has 138 valence electrons. The SMILES string of the molecule is O=C(NCc1ccc2c(c1)CCN(C1=CC=C1)CC2)c1ccc(F)c(F)c1. The molecule has 3 nitrogen and oxygen atoms in total. The summed E-state index contributed by atoms with van der Waals surface area (Å²) >= 11 is 0.